The topological polar surface area (TPSA) is 50.7 Å². The highest BCUT2D eigenvalue weighted by molar-refractivity contribution is 4.81. The summed E-state index contributed by atoms with van der Waals surface area (Å²) in [6.45, 7) is 5.98. The summed E-state index contributed by atoms with van der Waals surface area (Å²) < 4.78 is 11.4. The van der Waals surface area contributed by atoms with E-state index in [0.29, 0.717) is 12.2 Å². The molecule has 1 saturated carbocycles. The van der Waals surface area contributed by atoms with Gasteiger partial charge in [-0.1, -0.05) is 6.92 Å². The summed E-state index contributed by atoms with van der Waals surface area (Å²) in [6, 6.07) is 0. The second kappa shape index (κ2) is 8.90. The van der Waals surface area contributed by atoms with Crippen LogP contribution in [0.1, 0.15) is 52.4 Å². The van der Waals surface area contributed by atoms with Crippen LogP contribution in [0.5, 0.6) is 0 Å². The fraction of sp³-hybridized carbons (Fsp3) is 1.00. The van der Waals surface area contributed by atoms with Gasteiger partial charge in [0, 0.05) is 19.3 Å². The molecule has 0 heterocycles. The molecule has 1 aliphatic carbocycles. The van der Waals surface area contributed by atoms with Gasteiger partial charge in [-0.15, -0.1) is 0 Å². The Kier molecular flexibility index (Phi) is 7.91. The lowest BCUT2D eigenvalue weighted by Crippen LogP contribution is -2.45. The van der Waals surface area contributed by atoms with Crippen LogP contribution in [0, 0.1) is 0 Å². The summed E-state index contributed by atoms with van der Waals surface area (Å²) in [5.74, 6) is 0. The van der Waals surface area contributed by atoms with Gasteiger partial charge in [0.1, 0.15) is 0 Å². The Morgan fingerprint density at radius 2 is 2.05 bits per heavy atom. The first-order valence-corrected chi connectivity index (χ1v) is 7.64. The van der Waals surface area contributed by atoms with Gasteiger partial charge in [0.15, 0.2) is 0 Å². The number of rotatable bonds is 9. The fourth-order valence-corrected chi connectivity index (χ4v) is 2.83. The minimum atomic E-state index is -0.167. The lowest BCUT2D eigenvalue weighted by Gasteiger charge is -2.30. The van der Waals surface area contributed by atoms with E-state index in [-0.39, 0.29) is 12.1 Å². The van der Waals surface area contributed by atoms with E-state index in [4.69, 9.17) is 9.47 Å². The maximum atomic E-state index is 9.41. The molecule has 1 aliphatic rings. The van der Waals surface area contributed by atoms with E-state index in [1.165, 1.54) is 12.8 Å². The Bertz CT molecular complexity index is 237. The molecular weight excluding hydrogens is 242 g/mol. The molecule has 114 valence electrons. The molecule has 0 spiro atoms. The van der Waals surface area contributed by atoms with Crippen LogP contribution in [0.4, 0.5) is 0 Å². The van der Waals surface area contributed by atoms with E-state index in [1.807, 2.05) is 0 Å². The Balaban J connectivity index is 2.16. The molecule has 1 rings (SSSR count). The molecule has 0 aromatic carbocycles. The molecule has 19 heavy (non-hydrogen) atoms. The molecule has 4 nitrogen and oxygen atoms in total. The van der Waals surface area contributed by atoms with Gasteiger partial charge >= 0.3 is 0 Å². The molecule has 0 saturated heterocycles. The SMILES string of the molecule is CCNC(C)(CO)CCCOC1CCCC(OC)C1. The first-order chi connectivity index (χ1) is 9.13. The van der Waals surface area contributed by atoms with Crippen LogP contribution in [0.2, 0.25) is 0 Å². The zero-order chi connectivity index (χ0) is 14.1. The van der Waals surface area contributed by atoms with Crippen LogP contribution < -0.4 is 5.32 Å². The summed E-state index contributed by atoms with van der Waals surface area (Å²) in [4.78, 5) is 0. The number of likely N-dealkylation sites (N-methyl/N-ethyl adjacent to an activating group) is 1. The Labute approximate surface area is 117 Å². The van der Waals surface area contributed by atoms with Gasteiger partial charge < -0.3 is 19.9 Å². The third kappa shape index (κ3) is 6.21. The summed E-state index contributed by atoms with van der Waals surface area (Å²) in [7, 11) is 1.79. The smallest absolute Gasteiger partial charge is 0.0610 e. The van der Waals surface area contributed by atoms with E-state index < -0.39 is 0 Å². The van der Waals surface area contributed by atoms with Gasteiger partial charge in [0.2, 0.25) is 0 Å². The number of nitrogens with one attached hydrogen (secondary N) is 1. The molecular formula is C15H31NO3. The van der Waals surface area contributed by atoms with Gasteiger partial charge in [0.25, 0.3) is 0 Å². The van der Waals surface area contributed by atoms with E-state index in [2.05, 4.69) is 19.2 Å². The minimum absolute atomic E-state index is 0.167. The van der Waals surface area contributed by atoms with Crippen LogP contribution in [0.3, 0.4) is 0 Å². The molecule has 0 aromatic heterocycles. The first-order valence-electron chi connectivity index (χ1n) is 7.64. The van der Waals surface area contributed by atoms with Gasteiger partial charge in [-0.2, -0.15) is 0 Å². The van der Waals surface area contributed by atoms with Crippen molar-refractivity contribution in [2.75, 3.05) is 26.9 Å². The predicted octanol–water partition coefficient (Wildman–Crippen LogP) is 2.10. The summed E-state index contributed by atoms with van der Waals surface area (Å²) in [6.07, 6.45) is 7.22. The number of hydrogen-bond acceptors (Lipinski definition) is 4. The molecule has 4 heteroatoms. The van der Waals surface area contributed by atoms with Gasteiger partial charge in [0.05, 0.1) is 18.8 Å². The monoisotopic (exact) mass is 273 g/mol. The zero-order valence-electron chi connectivity index (χ0n) is 12.8. The van der Waals surface area contributed by atoms with E-state index in [0.717, 1.165) is 38.8 Å². The van der Waals surface area contributed by atoms with Gasteiger partial charge in [-0.3, -0.25) is 0 Å². The lowest BCUT2D eigenvalue weighted by molar-refractivity contribution is -0.0317. The second-order valence-electron chi connectivity index (χ2n) is 5.87. The van der Waals surface area contributed by atoms with Crippen molar-refractivity contribution in [3.8, 4) is 0 Å². The Morgan fingerprint density at radius 3 is 2.68 bits per heavy atom. The second-order valence-corrected chi connectivity index (χ2v) is 5.87. The van der Waals surface area contributed by atoms with Crippen molar-refractivity contribution in [2.45, 2.75) is 70.1 Å². The van der Waals surface area contributed by atoms with Crippen LogP contribution in [0.25, 0.3) is 0 Å². The summed E-state index contributed by atoms with van der Waals surface area (Å²) in [5.41, 5.74) is -0.167. The van der Waals surface area contributed by atoms with Crippen molar-refractivity contribution in [1.82, 2.24) is 5.32 Å². The van der Waals surface area contributed by atoms with Crippen LogP contribution in [-0.2, 0) is 9.47 Å². The van der Waals surface area contributed by atoms with Crippen molar-refractivity contribution in [3.05, 3.63) is 0 Å². The summed E-state index contributed by atoms with van der Waals surface area (Å²) in [5, 5.41) is 12.7. The molecule has 0 bridgehead atoms. The lowest BCUT2D eigenvalue weighted by atomic mass is 9.94. The first kappa shape index (κ1) is 16.9. The number of hydrogen-bond donors (Lipinski definition) is 2. The van der Waals surface area contributed by atoms with Crippen molar-refractivity contribution in [3.63, 3.8) is 0 Å². The van der Waals surface area contributed by atoms with Gasteiger partial charge in [-0.05, 0) is 52.0 Å². The number of methoxy groups -OCH3 is 1. The molecule has 3 unspecified atom stereocenters. The molecule has 0 radical (unpaired) electrons. The van der Waals surface area contributed by atoms with Crippen molar-refractivity contribution < 1.29 is 14.6 Å². The molecule has 3 atom stereocenters. The van der Waals surface area contributed by atoms with Crippen LogP contribution in [-0.4, -0.2) is 49.7 Å². The van der Waals surface area contributed by atoms with Crippen LogP contribution >= 0.6 is 0 Å². The minimum Gasteiger partial charge on any atom is -0.394 e. The number of aliphatic hydroxyl groups is 1. The maximum Gasteiger partial charge on any atom is 0.0610 e. The van der Waals surface area contributed by atoms with Gasteiger partial charge in [-0.25, -0.2) is 0 Å². The van der Waals surface area contributed by atoms with E-state index in [9.17, 15) is 5.11 Å². The third-order valence-corrected chi connectivity index (χ3v) is 4.09. The molecule has 2 N–H and O–H groups in total. The maximum absolute atomic E-state index is 9.41. The molecule has 0 aromatic rings. The molecule has 0 amide bonds. The van der Waals surface area contributed by atoms with Crippen molar-refractivity contribution in [1.29, 1.82) is 0 Å². The molecule has 0 aliphatic heterocycles. The third-order valence-electron chi connectivity index (χ3n) is 4.09. The Morgan fingerprint density at radius 1 is 1.32 bits per heavy atom. The average molecular weight is 273 g/mol. The normalized spacial score (nSPS) is 27.2. The quantitative estimate of drug-likeness (QED) is 0.632. The van der Waals surface area contributed by atoms with E-state index >= 15 is 0 Å². The Hall–Kier alpha value is -0.160. The zero-order valence-corrected chi connectivity index (χ0v) is 12.8. The number of ether oxygens (including phenoxy) is 2. The van der Waals surface area contributed by atoms with Crippen molar-refractivity contribution in [2.24, 2.45) is 0 Å². The standard InChI is InChI=1S/C15H31NO3/c1-4-16-15(2,12-17)9-6-10-19-14-8-5-7-13(11-14)18-3/h13-14,16-17H,4-12H2,1-3H3. The molecule has 1 fully saturated rings. The average Bonchev–Trinajstić information content (AvgIpc) is 2.44. The number of aliphatic hydroxyl groups excluding tert-OH is 1. The van der Waals surface area contributed by atoms with Crippen molar-refractivity contribution >= 4 is 0 Å². The summed E-state index contributed by atoms with van der Waals surface area (Å²) >= 11 is 0. The van der Waals surface area contributed by atoms with E-state index in [1.54, 1.807) is 7.11 Å². The fourth-order valence-electron chi connectivity index (χ4n) is 2.83. The predicted molar refractivity (Wildman–Crippen MR) is 77.4 cm³/mol. The highest BCUT2D eigenvalue weighted by Gasteiger charge is 2.23. The largest absolute Gasteiger partial charge is 0.394 e. The highest BCUT2D eigenvalue weighted by atomic mass is 16.5. The van der Waals surface area contributed by atoms with Crippen LogP contribution in [0.15, 0.2) is 0 Å². The highest BCUT2D eigenvalue weighted by Crippen LogP contribution is 2.23.